The maximum atomic E-state index is 12.5. The van der Waals surface area contributed by atoms with Crippen LogP contribution in [0.5, 0.6) is 0 Å². The van der Waals surface area contributed by atoms with Gasteiger partial charge in [-0.05, 0) is 19.4 Å². The lowest BCUT2D eigenvalue weighted by Crippen LogP contribution is -2.50. The van der Waals surface area contributed by atoms with Gasteiger partial charge in [-0.3, -0.25) is 19.8 Å². The summed E-state index contributed by atoms with van der Waals surface area (Å²) >= 11 is 0. The Hall–Kier alpha value is -3.76. The summed E-state index contributed by atoms with van der Waals surface area (Å²) in [7, 11) is 0. The summed E-state index contributed by atoms with van der Waals surface area (Å²) in [4.78, 5) is 60.5. The first-order chi connectivity index (χ1) is 13.2. The molecule has 1 aromatic carbocycles. The van der Waals surface area contributed by atoms with Crippen molar-refractivity contribution in [1.82, 2.24) is 25.5 Å². The monoisotopic (exact) mass is 387 g/mol. The van der Waals surface area contributed by atoms with Crippen LogP contribution in [0.3, 0.4) is 0 Å². The number of carboxylic acids is 1. The Labute approximate surface area is 157 Å². The summed E-state index contributed by atoms with van der Waals surface area (Å²) in [5.41, 5.74) is -0.0807. The zero-order valence-electron chi connectivity index (χ0n) is 15.1. The average molecular weight is 387 g/mol. The maximum Gasteiger partial charge on any atom is 0.357 e. The molecule has 1 aliphatic heterocycles. The van der Waals surface area contributed by atoms with E-state index in [0.29, 0.717) is 16.1 Å². The molecule has 4 amide bonds. The van der Waals surface area contributed by atoms with Crippen LogP contribution in [-0.4, -0.2) is 49.2 Å². The molecule has 3 rings (SSSR count). The molecule has 1 aromatic heterocycles. The smallest absolute Gasteiger partial charge is 0.357 e. The molecule has 1 aliphatic rings. The summed E-state index contributed by atoms with van der Waals surface area (Å²) in [5.74, 6) is -2.89. The third-order valence-electron chi connectivity index (χ3n) is 4.57. The van der Waals surface area contributed by atoms with Gasteiger partial charge in [0.2, 0.25) is 0 Å². The number of hydrazine groups is 1. The van der Waals surface area contributed by atoms with Gasteiger partial charge in [-0.1, -0.05) is 25.1 Å². The Kier molecular flexibility index (Phi) is 4.59. The average Bonchev–Trinajstić information content (AvgIpc) is 2.87. The normalized spacial score (nSPS) is 19.0. The van der Waals surface area contributed by atoms with Crippen LogP contribution in [0.15, 0.2) is 29.1 Å². The first kappa shape index (κ1) is 19.0. The third-order valence-corrected chi connectivity index (χ3v) is 4.57. The zero-order chi connectivity index (χ0) is 20.6. The molecular formula is C17H17N5O6. The molecular weight excluding hydrogens is 370 g/mol. The Bertz CT molecular complexity index is 1080. The minimum Gasteiger partial charge on any atom is -0.476 e. The highest BCUT2D eigenvalue weighted by molar-refractivity contribution is 6.07. The first-order valence-corrected chi connectivity index (χ1v) is 8.37. The molecule has 0 saturated carbocycles. The number of urea groups is 1. The van der Waals surface area contributed by atoms with E-state index >= 15 is 0 Å². The quantitative estimate of drug-likeness (QED) is 0.603. The number of aromatic carboxylic acids is 1. The Morgan fingerprint density at radius 1 is 1.21 bits per heavy atom. The number of amides is 4. The molecule has 2 aromatic rings. The van der Waals surface area contributed by atoms with Crippen LogP contribution in [0, 0.1) is 0 Å². The molecule has 0 radical (unpaired) electrons. The van der Waals surface area contributed by atoms with E-state index in [1.807, 2.05) is 0 Å². The minimum absolute atomic E-state index is 0.0799. The van der Waals surface area contributed by atoms with Crippen molar-refractivity contribution in [1.29, 1.82) is 0 Å². The number of nitrogens with one attached hydrogen (secondary N) is 2. The highest BCUT2D eigenvalue weighted by atomic mass is 16.4. The second kappa shape index (κ2) is 6.76. The van der Waals surface area contributed by atoms with Gasteiger partial charge in [0.05, 0.1) is 5.39 Å². The Morgan fingerprint density at radius 2 is 1.86 bits per heavy atom. The Morgan fingerprint density at radius 3 is 2.43 bits per heavy atom. The van der Waals surface area contributed by atoms with Gasteiger partial charge in [0.1, 0.15) is 12.1 Å². The van der Waals surface area contributed by atoms with E-state index in [9.17, 15) is 29.1 Å². The molecule has 28 heavy (non-hydrogen) atoms. The number of rotatable bonds is 5. The topological polar surface area (TPSA) is 151 Å². The van der Waals surface area contributed by atoms with Crippen LogP contribution >= 0.6 is 0 Å². The summed E-state index contributed by atoms with van der Waals surface area (Å²) in [6.45, 7) is 2.55. The summed E-state index contributed by atoms with van der Waals surface area (Å²) in [6, 6.07) is 5.18. The molecule has 11 heteroatoms. The fourth-order valence-corrected chi connectivity index (χ4v) is 2.82. The fraction of sp³-hybridized carbons (Fsp3) is 0.294. The number of carbonyl (C=O) groups excluding carboxylic acids is 3. The number of carboxylic acid groups (broad SMARTS) is 1. The fourth-order valence-electron chi connectivity index (χ4n) is 2.82. The summed E-state index contributed by atoms with van der Waals surface area (Å²) in [6.07, 6.45) is 0.317. The second-order valence-corrected chi connectivity index (χ2v) is 6.45. The van der Waals surface area contributed by atoms with Crippen molar-refractivity contribution in [2.45, 2.75) is 32.4 Å². The van der Waals surface area contributed by atoms with Gasteiger partial charge in [-0.25, -0.2) is 14.3 Å². The molecule has 1 saturated heterocycles. The van der Waals surface area contributed by atoms with Crippen LogP contribution in [0.1, 0.15) is 30.8 Å². The van der Waals surface area contributed by atoms with Crippen molar-refractivity contribution >= 4 is 34.6 Å². The number of hydrogen-bond donors (Lipinski definition) is 3. The van der Waals surface area contributed by atoms with Crippen LogP contribution in [-0.2, 0) is 16.1 Å². The number of benzene rings is 1. The molecule has 0 bridgehead atoms. The molecule has 146 valence electrons. The van der Waals surface area contributed by atoms with Gasteiger partial charge in [-0.15, -0.1) is 0 Å². The highest BCUT2D eigenvalue weighted by Crippen LogP contribution is 2.19. The second-order valence-electron chi connectivity index (χ2n) is 6.45. The van der Waals surface area contributed by atoms with Crippen molar-refractivity contribution in [2.24, 2.45) is 0 Å². The number of hydrogen-bond acceptors (Lipinski definition) is 6. The molecule has 3 N–H and O–H groups in total. The molecule has 2 heterocycles. The Balaban J connectivity index is 1.89. The van der Waals surface area contributed by atoms with E-state index in [1.54, 1.807) is 19.1 Å². The van der Waals surface area contributed by atoms with Gasteiger partial charge in [-0.2, -0.15) is 10.1 Å². The van der Waals surface area contributed by atoms with E-state index in [4.69, 9.17) is 0 Å². The lowest BCUT2D eigenvalue weighted by Gasteiger charge is -2.19. The van der Waals surface area contributed by atoms with Crippen molar-refractivity contribution in [3.05, 3.63) is 40.3 Å². The van der Waals surface area contributed by atoms with E-state index < -0.39 is 47.2 Å². The molecule has 0 spiro atoms. The number of imide groups is 1. The first-order valence-electron chi connectivity index (χ1n) is 8.37. The van der Waals surface area contributed by atoms with Gasteiger partial charge >= 0.3 is 12.0 Å². The number of carbonyl (C=O) groups is 4. The molecule has 1 fully saturated rings. The number of nitrogens with zero attached hydrogens (tertiary/aromatic N) is 3. The van der Waals surface area contributed by atoms with E-state index in [-0.39, 0.29) is 10.8 Å². The lowest BCUT2D eigenvalue weighted by molar-refractivity contribution is -0.139. The van der Waals surface area contributed by atoms with Crippen LogP contribution in [0.25, 0.3) is 10.8 Å². The van der Waals surface area contributed by atoms with Crippen molar-refractivity contribution < 1.29 is 24.3 Å². The predicted molar refractivity (Wildman–Crippen MR) is 95.2 cm³/mol. The molecule has 1 unspecified atom stereocenters. The zero-order valence-corrected chi connectivity index (χ0v) is 15.1. The van der Waals surface area contributed by atoms with Crippen LogP contribution in [0.2, 0.25) is 0 Å². The maximum absolute atomic E-state index is 12.5. The largest absolute Gasteiger partial charge is 0.476 e. The SMILES string of the molecule is CCC1(C)NC(=O)N(NC(=O)Cn2nc(C(=O)O)c3ccccc3c2=O)C1=O. The van der Waals surface area contributed by atoms with E-state index in [2.05, 4.69) is 15.8 Å². The summed E-state index contributed by atoms with van der Waals surface area (Å²) < 4.78 is 0.679. The molecule has 1 atom stereocenters. The van der Waals surface area contributed by atoms with Crippen LogP contribution < -0.4 is 16.3 Å². The van der Waals surface area contributed by atoms with Gasteiger partial charge in [0, 0.05) is 5.39 Å². The third kappa shape index (κ3) is 3.06. The number of fused-ring (bicyclic) bond motifs is 1. The van der Waals surface area contributed by atoms with E-state index in [1.165, 1.54) is 19.1 Å². The van der Waals surface area contributed by atoms with Crippen LogP contribution in [0.4, 0.5) is 4.79 Å². The van der Waals surface area contributed by atoms with Crippen molar-refractivity contribution in [2.75, 3.05) is 0 Å². The van der Waals surface area contributed by atoms with E-state index in [0.717, 1.165) is 0 Å². The van der Waals surface area contributed by atoms with Crippen molar-refractivity contribution in [3.63, 3.8) is 0 Å². The van der Waals surface area contributed by atoms with Crippen molar-refractivity contribution in [3.8, 4) is 0 Å². The number of aromatic nitrogens is 2. The standard InChI is InChI=1S/C17H17N5O6/c1-3-17(2)15(27)22(16(28)18-17)19-11(23)8-21-13(24)10-7-5-4-6-9(10)12(20-21)14(25)26/h4-7H,3,8H2,1-2H3,(H,18,28)(H,19,23)(H,25,26). The van der Waals surface area contributed by atoms with Gasteiger partial charge in [0.25, 0.3) is 17.4 Å². The molecule has 11 nitrogen and oxygen atoms in total. The van der Waals surface area contributed by atoms with Gasteiger partial charge in [0.15, 0.2) is 5.69 Å². The molecule has 0 aliphatic carbocycles. The lowest BCUT2D eigenvalue weighted by atomic mass is 10.00. The highest BCUT2D eigenvalue weighted by Gasteiger charge is 2.47. The van der Waals surface area contributed by atoms with Gasteiger partial charge < -0.3 is 10.4 Å². The predicted octanol–water partition coefficient (Wildman–Crippen LogP) is -0.154. The summed E-state index contributed by atoms with van der Waals surface area (Å²) in [5, 5.41) is 16.3. The minimum atomic E-state index is -1.36.